The number of halogens is 2. The Hall–Kier alpha value is -0.450. The van der Waals surface area contributed by atoms with Crippen molar-refractivity contribution in [2.75, 3.05) is 13.2 Å². The maximum absolute atomic E-state index is 13.3. The van der Waals surface area contributed by atoms with Crippen LogP contribution in [-0.2, 0) is 11.2 Å². The normalized spacial score (nSPS) is 14.2. The van der Waals surface area contributed by atoms with Gasteiger partial charge in [-0.25, -0.2) is 4.39 Å². The molecule has 114 valence electrons. The van der Waals surface area contributed by atoms with Gasteiger partial charge in [0.1, 0.15) is 5.82 Å². The number of benzene rings is 1. The average Bonchev–Trinajstić information content (AvgIpc) is 2.42. The number of hydrogen-bond acceptors (Lipinski definition) is 2. The van der Waals surface area contributed by atoms with Gasteiger partial charge in [-0.15, -0.1) is 0 Å². The number of likely N-dealkylation sites (N-methyl/N-ethyl adjacent to an activating group) is 1. The van der Waals surface area contributed by atoms with Crippen molar-refractivity contribution in [2.24, 2.45) is 0 Å². The Morgan fingerprint density at radius 1 is 1.30 bits per heavy atom. The molecule has 0 saturated carbocycles. The Kier molecular flexibility index (Phi) is 8.34. The Labute approximate surface area is 130 Å². The van der Waals surface area contributed by atoms with Gasteiger partial charge in [0.15, 0.2) is 0 Å². The van der Waals surface area contributed by atoms with E-state index in [1.807, 2.05) is 19.1 Å². The molecule has 1 aromatic rings. The van der Waals surface area contributed by atoms with Crippen molar-refractivity contribution in [3.05, 3.63) is 34.1 Å². The van der Waals surface area contributed by atoms with Crippen LogP contribution >= 0.6 is 15.9 Å². The second-order valence-corrected chi connectivity index (χ2v) is 5.75. The van der Waals surface area contributed by atoms with Crippen LogP contribution in [0.25, 0.3) is 0 Å². The third-order valence-corrected chi connectivity index (χ3v) is 3.92. The second kappa shape index (κ2) is 9.48. The number of rotatable bonds is 9. The van der Waals surface area contributed by atoms with Crippen LogP contribution in [0.3, 0.4) is 0 Å². The smallest absolute Gasteiger partial charge is 0.137 e. The van der Waals surface area contributed by atoms with Crippen LogP contribution < -0.4 is 5.32 Å². The van der Waals surface area contributed by atoms with E-state index in [2.05, 4.69) is 35.1 Å². The summed E-state index contributed by atoms with van der Waals surface area (Å²) in [6, 6.07) is 5.48. The first-order chi connectivity index (χ1) is 9.62. The van der Waals surface area contributed by atoms with E-state index in [0.29, 0.717) is 4.47 Å². The Bertz CT molecular complexity index is 394. The third kappa shape index (κ3) is 5.51. The zero-order chi connectivity index (χ0) is 15.0. The predicted octanol–water partition coefficient (Wildman–Crippen LogP) is 4.31. The van der Waals surface area contributed by atoms with Crippen molar-refractivity contribution in [3.8, 4) is 0 Å². The topological polar surface area (TPSA) is 21.3 Å². The van der Waals surface area contributed by atoms with Gasteiger partial charge >= 0.3 is 0 Å². The maximum Gasteiger partial charge on any atom is 0.137 e. The molecule has 20 heavy (non-hydrogen) atoms. The van der Waals surface area contributed by atoms with E-state index in [4.69, 9.17) is 4.74 Å². The summed E-state index contributed by atoms with van der Waals surface area (Å²) in [4.78, 5) is 0. The summed E-state index contributed by atoms with van der Waals surface area (Å²) in [6.45, 7) is 7.92. The monoisotopic (exact) mass is 345 g/mol. The molecule has 0 aliphatic heterocycles. The minimum absolute atomic E-state index is 0.203. The molecule has 2 unspecified atom stereocenters. The molecule has 4 heteroatoms. The largest absolute Gasteiger partial charge is 0.377 e. The first kappa shape index (κ1) is 17.6. The molecule has 0 radical (unpaired) electrons. The van der Waals surface area contributed by atoms with Crippen LogP contribution in [0.2, 0.25) is 0 Å². The lowest BCUT2D eigenvalue weighted by Crippen LogP contribution is -2.43. The summed E-state index contributed by atoms with van der Waals surface area (Å²) >= 11 is 3.25. The van der Waals surface area contributed by atoms with Gasteiger partial charge in [0.2, 0.25) is 0 Å². The van der Waals surface area contributed by atoms with Crippen molar-refractivity contribution in [3.63, 3.8) is 0 Å². The lowest BCUT2D eigenvalue weighted by Gasteiger charge is -2.28. The molecule has 0 bridgehead atoms. The molecule has 0 saturated heterocycles. The van der Waals surface area contributed by atoms with Gasteiger partial charge in [-0.1, -0.05) is 26.3 Å². The van der Waals surface area contributed by atoms with Gasteiger partial charge in [0.05, 0.1) is 10.6 Å². The highest BCUT2D eigenvalue weighted by Gasteiger charge is 2.21. The van der Waals surface area contributed by atoms with E-state index >= 15 is 0 Å². The Morgan fingerprint density at radius 3 is 2.60 bits per heavy atom. The average molecular weight is 346 g/mol. The third-order valence-electron chi connectivity index (χ3n) is 3.31. The van der Waals surface area contributed by atoms with Crippen LogP contribution in [0.1, 0.15) is 39.2 Å². The van der Waals surface area contributed by atoms with E-state index in [-0.39, 0.29) is 18.0 Å². The van der Waals surface area contributed by atoms with E-state index in [9.17, 15) is 4.39 Å². The molecule has 1 N–H and O–H groups in total. The van der Waals surface area contributed by atoms with Gasteiger partial charge < -0.3 is 10.1 Å². The Morgan fingerprint density at radius 2 is 2.05 bits per heavy atom. The van der Waals surface area contributed by atoms with Gasteiger partial charge in [0.25, 0.3) is 0 Å². The van der Waals surface area contributed by atoms with Gasteiger partial charge in [0, 0.05) is 12.6 Å². The molecule has 0 fully saturated rings. The van der Waals surface area contributed by atoms with E-state index in [1.165, 1.54) is 6.07 Å². The molecule has 0 heterocycles. The SMILES string of the molecule is CCCC(OCC)C(Cc1ccc(F)c(Br)c1)NCC. The van der Waals surface area contributed by atoms with Crippen molar-refractivity contribution < 1.29 is 9.13 Å². The van der Waals surface area contributed by atoms with Crippen LogP contribution in [0.15, 0.2) is 22.7 Å². The van der Waals surface area contributed by atoms with Crippen LogP contribution in [-0.4, -0.2) is 25.3 Å². The van der Waals surface area contributed by atoms with Crippen LogP contribution in [0.5, 0.6) is 0 Å². The van der Waals surface area contributed by atoms with Crippen LogP contribution in [0.4, 0.5) is 4.39 Å². The van der Waals surface area contributed by atoms with E-state index in [0.717, 1.165) is 38.0 Å². The molecular weight excluding hydrogens is 321 g/mol. The number of nitrogens with one attached hydrogen (secondary N) is 1. The maximum atomic E-state index is 13.3. The zero-order valence-electron chi connectivity index (χ0n) is 12.6. The molecular formula is C16H25BrFNO. The van der Waals surface area contributed by atoms with Gasteiger partial charge in [-0.2, -0.15) is 0 Å². The quantitative estimate of drug-likeness (QED) is 0.719. The van der Waals surface area contributed by atoms with E-state index < -0.39 is 0 Å². The fourth-order valence-corrected chi connectivity index (χ4v) is 2.84. The highest BCUT2D eigenvalue weighted by atomic mass is 79.9. The summed E-state index contributed by atoms with van der Waals surface area (Å²) in [6.07, 6.45) is 3.18. The van der Waals surface area contributed by atoms with Crippen molar-refractivity contribution in [1.29, 1.82) is 0 Å². The highest BCUT2D eigenvalue weighted by Crippen LogP contribution is 2.19. The molecule has 0 aromatic heterocycles. The highest BCUT2D eigenvalue weighted by molar-refractivity contribution is 9.10. The van der Waals surface area contributed by atoms with Crippen molar-refractivity contribution >= 4 is 15.9 Å². The number of ether oxygens (including phenoxy) is 1. The van der Waals surface area contributed by atoms with Gasteiger partial charge in [-0.05, 0) is 59.9 Å². The summed E-state index contributed by atoms with van der Waals surface area (Å²) in [5, 5.41) is 3.50. The lowest BCUT2D eigenvalue weighted by atomic mass is 9.98. The minimum atomic E-state index is -0.219. The minimum Gasteiger partial charge on any atom is -0.377 e. The fourth-order valence-electron chi connectivity index (χ4n) is 2.42. The standard InChI is InChI=1S/C16H25BrFNO/c1-4-7-16(20-6-3)15(19-5-2)11-12-8-9-14(18)13(17)10-12/h8-10,15-16,19H,4-7,11H2,1-3H3. The molecule has 0 spiro atoms. The summed E-state index contributed by atoms with van der Waals surface area (Å²) in [5.41, 5.74) is 1.12. The molecule has 0 aliphatic rings. The molecule has 2 atom stereocenters. The Balaban J connectivity index is 2.80. The van der Waals surface area contributed by atoms with Gasteiger partial charge in [-0.3, -0.25) is 0 Å². The molecule has 2 nitrogen and oxygen atoms in total. The van der Waals surface area contributed by atoms with Crippen LogP contribution in [0, 0.1) is 5.82 Å². The van der Waals surface area contributed by atoms with E-state index in [1.54, 1.807) is 0 Å². The second-order valence-electron chi connectivity index (χ2n) is 4.90. The number of hydrogen-bond donors (Lipinski definition) is 1. The summed E-state index contributed by atoms with van der Waals surface area (Å²) < 4.78 is 19.7. The summed E-state index contributed by atoms with van der Waals surface area (Å²) in [5.74, 6) is -0.219. The predicted molar refractivity (Wildman–Crippen MR) is 85.6 cm³/mol. The summed E-state index contributed by atoms with van der Waals surface area (Å²) in [7, 11) is 0. The first-order valence-electron chi connectivity index (χ1n) is 7.41. The molecule has 0 aliphatic carbocycles. The zero-order valence-corrected chi connectivity index (χ0v) is 14.2. The van der Waals surface area contributed by atoms with Crippen molar-refractivity contribution in [1.82, 2.24) is 5.32 Å². The molecule has 0 amide bonds. The fraction of sp³-hybridized carbons (Fsp3) is 0.625. The first-order valence-corrected chi connectivity index (χ1v) is 8.20. The molecule has 1 aromatic carbocycles. The van der Waals surface area contributed by atoms with Crippen molar-refractivity contribution in [2.45, 2.75) is 52.2 Å². The molecule has 1 rings (SSSR count). The lowest BCUT2D eigenvalue weighted by molar-refractivity contribution is 0.0285.